The number of anilines is 1. The van der Waals surface area contributed by atoms with E-state index in [1.807, 2.05) is 52.0 Å². The molecular weight excluding hydrogens is 342 g/mol. The number of carbonyl (C=O) groups is 1. The predicted molar refractivity (Wildman–Crippen MR) is 104 cm³/mol. The number of aryl methyl sites for hydroxylation is 2. The van der Waals surface area contributed by atoms with Crippen LogP contribution in [0.4, 0.5) is 5.69 Å². The average Bonchev–Trinajstić information content (AvgIpc) is 3.10. The summed E-state index contributed by atoms with van der Waals surface area (Å²) in [6.45, 7) is 7.91. The maximum Gasteiger partial charge on any atom is 0.262 e. The molecule has 1 aromatic heterocycles. The van der Waals surface area contributed by atoms with Crippen LogP contribution in [0.3, 0.4) is 0 Å². The second-order valence-corrected chi connectivity index (χ2v) is 6.85. The summed E-state index contributed by atoms with van der Waals surface area (Å²) in [7, 11) is 0. The molecule has 140 valence electrons. The van der Waals surface area contributed by atoms with Gasteiger partial charge in [-0.25, -0.2) is 0 Å². The van der Waals surface area contributed by atoms with Crippen molar-refractivity contribution in [1.29, 1.82) is 0 Å². The highest BCUT2D eigenvalue weighted by atomic mass is 16.5. The lowest BCUT2D eigenvalue weighted by molar-refractivity contribution is -0.118. The topological polar surface area (TPSA) is 77.2 Å². The van der Waals surface area contributed by atoms with Gasteiger partial charge in [0.2, 0.25) is 0 Å². The molecule has 3 aromatic rings. The van der Waals surface area contributed by atoms with E-state index in [2.05, 4.69) is 21.5 Å². The van der Waals surface area contributed by atoms with E-state index in [1.165, 1.54) is 0 Å². The molecule has 0 fully saturated rings. The molecule has 0 aliphatic rings. The number of hydrogen-bond donors (Lipinski definition) is 1. The van der Waals surface area contributed by atoms with Crippen LogP contribution < -0.4 is 10.1 Å². The standard InChI is InChI=1S/C21H23N3O3/c1-13(2)20-23-21(27-24-20)16-6-5-7-18(11-16)26-12-19(25)22-17-9-14(3)8-15(4)10-17/h5-11,13H,12H2,1-4H3,(H,22,25). The van der Waals surface area contributed by atoms with E-state index in [4.69, 9.17) is 9.26 Å². The van der Waals surface area contributed by atoms with Crippen LogP contribution in [0.2, 0.25) is 0 Å². The van der Waals surface area contributed by atoms with Crippen molar-refractivity contribution in [2.75, 3.05) is 11.9 Å². The normalized spacial score (nSPS) is 10.9. The van der Waals surface area contributed by atoms with Gasteiger partial charge in [-0.15, -0.1) is 0 Å². The maximum atomic E-state index is 12.2. The number of nitrogens with one attached hydrogen (secondary N) is 1. The Balaban J connectivity index is 1.63. The van der Waals surface area contributed by atoms with E-state index < -0.39 is 0 Å². The van der Waals surface area contributed by atoms with E-state index in [9.17, 15) is 4.79 Å². The monoisotopic (exact) mass is 365 g/mol. The van der Waals surface area contributed by atoms with Crippen molar-refractivity contribution < 1.29 is 14.1 Å². The Kier molecular flexibility index (Phi) is 5.54. The summed E-state index contributed by atoms with van der Waals surface area (Å²) in [5.74, 6) is 1.63. The van der Waals surface area contributed by atoms with E-state index >= 15 is 0 Å². The second-order valence-electron chi connectivity index (χ2n) is 6.85. The molecule has 3 rings (SSSR count). The molecular formula is C21H23N3O3. The van der Waals surface area contributed by atoms with Gasteiger partial charge in [-0.3, -0.25) is 4.79 Å². The Labute approximate surface area is 158 Å². The van der Waals surface area contributed by atoms with Crippen LogP contribution in [0.25, 0.3) is 11.5 Å². The molecule has 0 saturated heterocycles. The molecule has 0 atom stereocenters. The Morgan fingerprint density at radius 1 is 1.15 bits per heavy atom. The first-order chi connectivity index (χ1) is 12.9. The highest BCUT2D eigenvalue weighted by Gasteiger charge is 2.12. The molecule has 0 bridgehead atoms. The van der Waals surface area contributed by atoms with Crippen LogP contribution in [0, 0.1) is 13.8 Å². The van der Waals surface area contributed by atoms with Crippen LogP contribution in [0.5, 0.6) is 5.75 Å². The molecule has 1 heterocycles. The quantitative estimate of drug-likeness (QED) is 0.696. The number of rotatable bonds is 6. The van der Waals surface area contributed by atoms with Crippen molar-refractivity contribution in [3.8, 4) is 17.2 Å². The van der Waals surface area contributed by atoms with Crippen molar-refractivity contribution in [1.82, 2.24) is 10.1 Å². The maximum absolute atomic E-state index is 12.2. The number of aromatic nitrogens is 2. The lowest BCUT2D eigenvalue weighted by Gasteiger charge is -2.09. The van der Waals surface area contributed by atoms with Gasteiger partial charge >= 0.3 is 0 Å². The minimum Gasteiger partial charge on any atom is -0.484 e. The third kappa shape index (κ3) is 4.94. The van der Waals surface area contributed by atoms with Gasteiger partial charge in [-0.2, -0.15) is 4.98 Å². The molecule has 1 amide bonds. The van der Waals surface area contributed by atoms with Gasteiger partial charge in [-0.1, -0.05) is 31.1 Å². The average molecular weight is 365 g/mol. The van der Waals surface area contributed by atoms with Crippen molar-refractivity contribution in [3.63, 3.8) is 0 Å². The Morgan fingerprint density at radius 3 is 2.56 bits per heavy atom. The molecule has 1 N–H and O–H groups in total. The van der Waals surface area contributed by atoms with Gasteiger partial charge in [-0.05, 0) is 55.3 Å². The third-order valence-electron chi connectivity index (χ3n) is 3.91. The van der Waals surface area contributed by atoms with Gasteiger partial charge in [0.25, 0.3) is 11.8 Å². The Hall–Kier alpha value is -3.15. The molecule has 0 radical (unpaired) electrons. The first-order valence-electron chi connectivity index (χ1n) is 8.85. The minimum atomic E-state index is -0.217. The third-order valence-corrected chi connectivity index (χ3v) is 3.91. The number of ether oxygens (including phenoxy) is 1. The number of hydrogen-bond acceptors (Lipinski definition) is 5. The van der Waals surface area contributed by atoms with Gasteiger partial charge in [0.15, 0.2) is 12.4 Å². The van der Waals surface area contributed by atoms with Crippen LogP contribution in [-0.4, -0.2) is 22.7 Å². The van der Waals surface area contributed by atoms with Gasteiger partial charge in [0, 0.05) is 17.2 Å². The Morgan fingerprint density at radius 2 is 1.89 bits per heavy atom. The van der Waals surface area contributed by atoms with Gasteiger partial charge < -0.3 is 14.6 Å². The van der Waals surface area contributed by atoms with Crippen molar-refractivity contribution >= 4 is 11.6 Å². The first kappa shape index (κ1) is 18.6. The lowest BCUT2D eigenvalue weighted by Crippen LogP contribution is -2.20. The number of amides is 1. The van der Waals surface area contributed by atoms with Crippen molar-refractivity contribution in [2.24, 2.45) is 0 Å². The van der Waals surface area contributed by atoms with Crippen LogP contribution in [0.1, 0.15) is 36.7 Å². The summed E-state index contributed by atoms with van der Waals surface area (Å²) < 4.78 is 10.9. The zero-order valence-corrected chi connectivity index (χ0v) is 15.9. The molecule has 2 aromatic carbocycles. The summed E-state index contributed by atoms with van der Waals surface area (Å²) >= 11 is 0. The molecule has 0 spiro atoms. The summed E-state index contributed by atoms with van der Waals surface area (Å²) in [4.78, 5) is 16.5. The fourth-order valence-electron chi connectivity index (χ4n) is 2.70. The summed E-state index contributed by atoms with van der Waals surface area (Å²) in [5.41, 5.74) is 3.71. The van der Waals surface area contributed by atoms with Gasteiger partial charge in [0.05, 0.1) is 0 Å². The van der Waals surface area contributed by atoms with E-state index in [0.29, 0.717) is 17.5 Å². The van der Waals surface area contributed by atoms with Crippen molar-refractivity contribution in [2.45, 2.75) is 33.6 Å². The minimum absolute atomic E-state index is 0.0858. The molecule has 0 unspecified atom stereocenters. The zero-order valence-electron chi connectivity index (χ0n) is 15.9. The predicted octanol–water partition coefficient (Wildman–Crippen LogP) is 4.49. The van der Waals surface area contributed by atoms with Crippen molar-refractivity contribution in [3.05, 3.63) is 59.4 Å². The highest BCUT2D eigenvalue weighted by Crippen LogP contribution is 2.24. The van der Waals surface area contributed by atoms with E-state index in [-0.39, 0.29) is 18.4 Å². The fraction of sp³-hybridized carbons (Fsp3) is 0.286. The second kappa shape index (κ2) is 8.03. The first-order valence-corrected chi connectivity index (χ1v) is 8.85. The zero-order chi connectivity index (χ0) is 19.4. The fourth-order valence-corrected chi connectivity index (χ4v) is 2.70. The molecule has 0 aliphatic carbocycles. The molecule has 0 saturated carbocycles. The largest absolute Gasteiger partial charge is 0.484 e. The summed E-state index contributed by atoms with van der Waals surface area (Å²) in [6, 6.07) is 13.2. The number of carbonyl (C=O) groups excluding carboxylic acids is 1. The highest BCUT2D eigenvalue weighted by molar-refractivity contribution is 5.92. The summed E-state index contributed by atoms with van der Waals surface area (Å²) in [5, 5.41) is 6.82. The Bertz CT molecular complexity index is 927. The van der Waals surface area contributed by atoms with E-state index in [1.54, 1.807) is 12.1 Å². The molecule has 6 nitrogen and oxygen atoms in total. The molecule has 27 heavy (non-hydrogen) atoms. The summed E-state index contributed by atoms with van der Waals surface area (Å²) in [6.07, 6.45) is 0. The molecule has 6 heteroatoms. The van der Waals surface area contributed by atoms with Crippen LogP contribution in [0.15, 0.2) is 47.0 Å². The number of nitrogens with zero attached hydrogens (tertiary/aromatic N) is 2. The van der Waals surface area contributed by atoms with E-state index in [0.717, 1.165) is 22.4 Å². The molecule has 0 aliphatic heterocycles. The van der Waals surface area contributed by atoms with Crippen LogP contribution >= 0.6 is 0 Å². The van der Waals surface area contributed by atoms with Gasteiger partial charge in [0.1, 0.15) is 5.75 Å². The lowest BCUT2D eigenvalue weighted by atomic mass is 10.1. The number of benzene rings is 2. The smallest absolute Gasteiger partial charge is 0.262 e. The van der Waals surface area contributed by atoms with Crippen LogP contribution in [-0.2, 0) is 4.79 Å². The SMILES string of the molecule is Cc1cc(C)cc(NC(=O)COc2cccc(-c3nc(C(C)C)no3)c2)c1.